The summed E-state index contributed by atoms with van der Waals surface area (Å²) in [6, 6.07) is 18.6. The molecule has 1 N–H and O–H groups in total. The molecule has 0 spiro atoms. The summed E-state index contributed by atoms with van der Waals surface area (Å²) in [5.74, 6) is -0.662. The molecule has 96 valence electrons. The average Bonchev–Trinajstić information content (AvgIpc) is 2.49. The maximum Gasteiger partial charge on any atom is 0.271 e. The molecule has 0 amide bonds. The lowest BCUT2D eigenvalue weighted by atomic mass is 9.97. The van der Waals surface area contributed by atoms with E-state index in [0.29, 0.717) is 11.0 Å². The molecule has 4 nitrogen and oxygen atoms in total. The minimum atomic E-state index is -0.662. The van der Waals surface area contributed by atoms with Gasteiger partial charge in [-0.2, -0.15) is 5.26 Å². The van der Waals surface area contributed by atoms with Crippen molar-refractivity contribution in [3.05, 3.63) is 76.2 Å². The summed E-state index contributed by atoms with van der Waals surface area (Å²) in [4.78, 5) is 19.3. The molecule has 0 bridgehead atoms. The molecule has 1 atom stereocenters. The summed E-state index contributed by atoms with van der Waals surface area (Å²) in [6.45, 7) is 0. The third-order valence-electron chi connectivity index (χ3n) is 3.16. The summed E-state index contributed by atoms with van der Waals surface area (Å²) in [5.41, 5.74) is 2.03. The molecule has 3 aromatic rings. The fourth-order valence-corrected chi connectivity index (χ4v) is 2.18. The first-order valence-electron chi connectivity index (χ1n) is 6.23. The van der Waals surface area contributed by atoms with Crippen LogP contribution in [0.3, 0.4) is 0 Å². The monoisotopic (exact) mass is 261 g/mol. The van der Waals surface area contributed by atoms with Crippen LogP contribution in [0.25, 0.3) is 11.0 Å². The van der Waals surface area contributed by atoms with Crippen molar-refractivity contribution < 1.29 is 0 Å². The SMILES string of the molecule is N#C[C@H](c1ccccc1)c1nc2ccccc2[nH]c1=O. The summed E-state index contributed by atoms with van der Waals surface area (Å²) in [5, 5.41) is 9.39. The van der Waals surface area contributed by atoms with Gasteiger partial charge in [0.1, 0.15) is 11.6 Å². The molecule has 0 aliphatic rings. The second kappa shape index (κ2) is 4.98. The van der Waals surface area contributed by atoms with Crippen LogP contribution in [-0.2, 0) is 0 Å². The predicted molar refractivity (Wildman–Crippen MR) is 76.3 cm³/mol. The molecule has 0 saturated carbocycles. The van der Waals surface area contributed by atoms with E-state index in [1.807, 2.05) is 48.5 Å². The first-order valence-corrected chi connectivity index (χ1v) is 6.23. The Bertz CT molecular complexity index is 847. The molecule has 0 aliphatic heterocycles. The normalized spacial score (nSPS) is 11.9. The van der Waals surface area contributed by atoms with Crippen molar-refractivity contribution in [3.8, 4) is 6.07 Å². The molecule has 0 saturated heterocycles. The Morgan fingerprint density at radius 1 is 1.05 bits per heavy atom. The third-order valence-corrected chi connectivity index (χ3v) is 3.16. The lowest BCUT2D eigenvalue weighted by Crippen LogP contribution is -2.18. The maximum atomic E-state index is 12.1. The summed E-state index contributed by atoms with van der Waals surface area (Å²) in [6.07, 6.45) is 0. The maximum absolute atomic E-state index is 12.1. The number of hydrogen-bond donors (Lipinski definition) is 1. The zero-order chi connectivity index (χ0) is 13.9. The number of H-pyrrole nitrogens is 1. The molecular weight excluding hydrogens is 250 g/mol. The van der Waals surface area contributed by atoms with Crippen LogP contribution in [0.4, 0.5) is 0 Å². The molecule has 0 unspecified atom stereocenters. The number of para-hydroxylation sites is 2. The van der Waals surface area contributed by atoms with E-state index in [1.54, 1.807) is 6.07 Å². The van der Waals surface area contributed by atoms with Gasteiger partial charge < -0.3 is 4.98 Å². The summed E-state index contributed by atoms with van der Waals surface area (Å²) < 4.78 is 0. The topological polar surface area (TPSA) is 69.5 Å². The van der Waals surface area contributed by atoms with Crippen LogP contribution in [0, 0.1) is 11.3 Å². The van der Waals surface area contributed by atoms with E-state index in [-0.39, 0.29) is 11.3 Å². The number of hydrogen-bond acceptors (Lipinski definition) is 3. The number of rotatable bonds is 2. The fraction of sp³-hybridized carbons (Fsp3) is 0.0625. The van der Waals surface area contributed by atoms with Gasteiger partial charge >= 0.3 is 0 Å². The Kier molecular flexibility index (Phi) is 3.02. The van der Waals surface area contributed by atoms with Gasteiger partial charge in [0.15, 0.2) is 0 Å². The summed E-state index contributed by atoms with van der Waals surface area (Å²) >= 11 is 0. The molecule has 0 radical (unpaired) electrons. The largest absolute Gasteiger partial charge is 0.319 e. The van der Waals surface area contributed by atoms with Crippen LogP contribution in [-0.4, -0.2) is 9.97 Å². The van der Waals surface area contributed by atoms with E-state index < -0.39 is 5.92 Å². The molecule has 2 aromatic carbocycles. The summed E-state index contributed by atoms with van der Waals surface area (Å²) in [7, 11) is 0. The van der Waals surface area contributed by atoms with Gasteiger partial charge in [-0.25, -0.2) is 4.98 Å². The molecule has 3 rings (SSSR count). The van der Waals surface area contributed by atoms with E-state index in [1.165, 1.54) is 0 Å². The number of benzene rings is 2. The smallest absolute Gasteiger partial charge is 0.271 e. The minimum absolute atomic E-state index is 0.234. The van der Waals surface area contributed by atoms with Gasteiger partial charge in [-0.1, -0.05) is 42.5 Å². The second-order valence-electron chi connectivity index (χ2n) is 4.44. The third kappa shape index (κ3) is 2.06. The van der Waals surface area contributed by atoms with Crippen LogP contribution in [0.15, 0.2) is 59.4 Å². The zero-order valence-electron chi connectivity index (χ0n) is 10.6. The first kappa shape index (κ1) is 12.1. The predicted octanol–water partition coefficient (Wildman–Crippen LogP) is 2.58. The van der Waals surface area contributed by atoms with E-state index in [9.17, 15) is 10.1 Å². The van der Waals surface area contributed by atoms with Gasteiger partial charge in [-0.05, 0) is 17.7 Å². The van der Waals surface area contributed by atoms with E-state index in [0.717, 1.165) is 5.56 Å². The van der Waals surface area contributed by atoms with Crippen LogP contribution in [0.5, 0.6) is 0 Å². The van der Waals surface area contributed by atoms with Crippen LogP contribution < -0.4 is 5.56 Å². The van der Waals surface area contributed by atoms with Crippen molar-refractivity contribution in [2.24, 2.45) is 0 Å². The average molecular weight is 261 g/mol. The fourth-order valence-electron chi connectivity index (χ4n) is 2.18. The van der Waals surface area contributed by atoms with Crippen molar-refractivity contribution in [1.29, 1.82) is 5.26 Å². The molecule has 0 fully saturated rings. The second-order valence-corrected chi connectivity index (χ2v) is 4.44. The molecule has 1 heterocycles. The number of aromatic amines is 1. The highest BCUT2D eigenvalue weighted by atomic mass is 16.1. The highest BCUT2D eigenvalue weighted by Crippen LogP contribution is 2.20. The molecular formula is C16H11N3O. The van der Waals surface area contributed by atoms with Gasteiger partial charge in [0.2, 0.25) is 0 Å². The number of nitrogens with one attached hydrogen (secondary N) is 1. The van der Waals surface area contributed by atoms with Gasteiger partial charge in [0, 0.05) is 0 Å². The molecule has 0 aliphatic carbocycles. The zero-order valence-corrected chi connectivity index (χ0v) is 10.6. The Morgan fingerprint density at radius 3 is 2.50 bits per heavy atom. The molecule has 4 heteroatoms. The number of aromatic nitrogens is 2. The highest BCUT2D eigenvalue weighted by molar-refractivity contribution is 5.73. The molecule has 20 heavy (non-hydrogen) atoms. The van der Waals surface area contributed by atoms with Gasteiger partial charge in [-0.15, -0.1) is 0 Å². The van der Waals surface area contributed by atoms with Crippen molar-refractivity contribution in [3.63, 3.8) is 0 Å². The highest BCUT2D eigenvalue weighted by Gasteiger charge is 2.19. The first-order chi connectivity index (χ1) is 9.79. The quantitative estimate of drug-likeness (QED) is 0.770. The Hall–Kier alpha value is -2.93. The van der Waals surface area contributed by atoms with Gasteiger partial charge in [0.25, 0.3) is 5.56 Å². The van der Waals surface area contributed by atoms with Crippen LogP contribution in [0.2, 0.25) is 0 Å². The van der Waals surface area contributed by atoms with Crippen molar-refractivity contribution in [2.75, 3.05) is 0 Å². The number of fused-ring (bicyclic) bond motifs is 1. The lowest BCUT2D eigenvalue weighted by Gasteiger charge is -2.08. The Morgan fingerprint density at radius 2 is 1.75 bits per heavy atom. The van der Waals surface area contributed by atoms with E-state index in [4.69, 9.17) is 0 Å². The number of nitriles is 1. The number of nitrogens with zero attached hydrogens (tertiary/aromatic N) is 2. The van der Waals surface area contributed by atoms with Gasteiger partial charge in [0.05, 0.1) is 17.1 Å². The van der Waals surface area contributed by atoms with Gasteiger partial charge in [-0.3, -0.25) is 4.79 Å². The Balaban J connectivity index is 2.20. The van der Waals surface area contributed by atoms with Crippen LogP contribution >= 0.6 is 0 Å². The van der Waals surface area contributed by atoms with Crippen molar-refractivity contribution in [2.45, 2.75) is 5.92 Å². The lowest BCUT2D eigenvalue weighted by molar-refractivity contribution is 0.938. The standard InChI is InChI=1S/C16H11N3O/c17-10-12(11-6-2-1-3-7-11)15-16(20)19-14-9-5-4-8-13(14)18-15/h1-9,12H,(H,19,20)/t12-/m1/s1. The molecule has 1 aromatic heterocycles. The van der Waals surface area contributed by atoms with E-state index >= 15 is 0 Å². The van der Waals surface area contributed by atoms with E-state index in [2.05, 4.69) is 16.0 Å². The van der Waals surface area contributed by atoms with Crippen molar-refractivity contribution >= 4 is 11.0 Å². The van der Waals surface area contributed by atoms with Crippen LogP contribution in [0.1, 0.15) is 17.2 Å². The minimum Gasteiger partial charge on any atom is -0.319 e. The van der Waals surface area contributed by atoms with Crippen molar-refractivity contribution in [1.82, 2.24) is 9.97 Å². The Labute approximate surface area is 115 Å².